The summed E-state index contributed by atoms with van der Waals surface area (Å²) in [6, 6.07) is 7.75. The predicted octanol–water partition coefficient (Wildman–Crippen LogP) is 2.64. The number of amides is 1. The molecule has 0 aliphatic carbocycles. The lowest BCUT2D eigenvalue weighted by Crippen LogP contribution is -2.36. The number of morpholine rings is 1. The van der Waals surface area contributed by atoms with E-state index in [1.165, 1.54) is 12.4 Å². The highest BCUT2D eigenvalue weighted by Crippen LogP contribution is 2.36. The summed E-state index contributed by atoms with van der Waals surface area (Å²) in [5, 5.41) is 8.79. The molecule has 1 aromatic carbocycles. The van der Waals surface area contributed by atoms with Crippen molar-refractivity contribution in [2.45, 2.75) is 6.54 Å². The summed E-state index contributed by atoms with van der Waals surface area (Å²) in [4.78, 5) is 49.9. The highest BCUT2D eigenvalue weighted by Gasteiger charge is 2.22. The largest absolute Gasteiger partial charge is 0.378 e. The first kappa shape index (κ1) is 24.4. The van der Waals surface area contributed by atoms with E-state index >= 15 is 0 Å². The predicted molar refractivity (Wildman–Crippen MR) is 145 cm³/mol. The number of ether oxygens (including phenoxy) is 1. The Kier molecular flexibility index (Phi) is 6.45. The molecule has 0 radical (unpaired) electrons. The maximum absolute atomic E-state index is 12.0. The van der Waals surface area contributed by atoms with Crippen molar-refractivity contribution in [3.05, 3.63) is 56.8 Å². The minimum Gasteiger partial charge on any atom is -0.378 e. The van der Waals surface area contributed by atoms with Crippen LogP contribution in [0, 0.1) is 0 Å². The van der Waals surface area contributed by atoms with Crippen LogP contribution in [0.3, 0.4) is 0 Å². The topological polar surface area (TPSA) is 149 Å². The van der Waals surface area contributed by atoms with Crippen molar-refractivity contribution in [3.63, 3.8) is 0 Å². The van der Waals surface area contributed by atoms with E-state index in [1.807, 2.05) is 36.2 Å². The number of nitrogens with one attached hydrogen (secondary N) is 2. The monoisotopic (exact) mass is 550 g/mol. The number of thiophene rings is 1. The minimum atomic E-state index is -0.670. The van der Waals surface area contributed by atoms with Crippen LogP contribution in [0.2, 0.25) is 0 Å². The van der Waals surface area contributed by atoms with E-state index in [0.717, 1.165) is 61.1 Å². The Balaban J connectivity index is 1.39. The highest BCUT2D eigenvalue weighted by molar-refractivity contribution is 7.19. The van der Waals surface area contributed by atoms with Gasteiger partial charge in [0, 0.05) is 43.0 Å². The maximum Gasteiger partial charge on any atom is 0.305 e. The van der Waals surface area contributed by atoms with Gasteiger partial charge in [-0.1, -0.05) is 17.4 Å². The summed E-state index contributed by atoms with van der Waals surface area (Å²) in [5.74, 6) is 1.18. The first-order valence-electron chi connectivity index (χ1n) is 11.7. The summed E-state index contributed by atoms with van der Waals surface area (Å²) in [5.41, 5.74) is 4.13. The van der Waals surface area contributed by atoms with Crippen LogP contribution in [0.25, 0.3) is 31.8 Å². The van der Waals surface area contributed by atoms with E-state index in [9.17, 15) is 9.59 Å². The van der Waals surface area contributed by atoms with E-state index in [-0.39, 0.29) is 10.4 Å². The normalized spacial score (nSPS) is 13.8. The van der Waals surface area contributed by atoms with Gasteiger partial charge in [-0.25, -0.2) is 25.4 Å². The average molecular weight is 551 g/mol. The molecular weight excluding hydrogens is 528 g/mol. The number of hydroxylamine groups is 1. The number of aromatic amines is 1. The molecule has 5 heterocycles. The van der Waals surface area contributed by atoms with Crippen LogP contribution in [0.1, 0.15) is 15.2 Å². The van der Waals surface area contributed by atoms with E-state index in [4.69, 9.17) is 19.9 Å². The van der Waals surface area contributed by atoms with Crippen LogP contribution >= 0.6 is 22.7 Å². The third-order valence-corrected chi connectivity index (χ3v) is 8.18. The molecule has 38 heavy (non-hydrogen) atoms. The molecule has 1 fully saturated rings. The van der Waals surface area contributed by atoms with Crippen LogP contribution in [-0.4, -0.2) is 69.4 Å². The Morgan fingerprint density at radius 2 is 1.97 bits per heavy atom. The second-order valence-electron chi connectivity index (χ2n) is 8.66. The van der Waals surface area contributed by atoms with Crippen molar-refractivity contribution >= 4 is 60.8 Å². The summed E-state index contributed by atoms with van der Waals surface area (Å²) in [6.07, 6.45) is 2.72. The van der Waals surface area contributed by atoms with Crippen molar-refractivity contribution < 1.29 is 14.7 Å². The summed E-state index contributed by atoms with van der Waals surface area (Å²) < 4.78 is 7.37. The van der Waals surface area contributed by atoms with Crippen molar-refractivity contribution in [1.29, 1.82) is 0 Å². The molecular formula is C24H22N8O4S2. The van der Waals surface area contributed by atoms with Gasteiger partial charge in [-0.3, -0.25) is 14.8 Å². The Morgan fingerprint density at radius 1 is 1.18 bits per heavy atom. The molecule has 4 aromatic heterocycles. The zero-order valence-electron chi connectivity index (χ0n) is 20.2. The number of H-pyrrole nitrogens is 1. The number of aromatic nitrogens is 5. The smallest absolute Gasteiger partial charge is 0.305 e. The molecule has 194 valence electrons. The van der Waals surface area contributed by atoms with Gasteiger partial charge >= 0.3 is 4.87 Å². The van der Waals surface area contributed by atoms with Gasteiger partial charge in [-0.15, -0.1) is 11.3 Å². The Labute approximate surface area is 223 Å². The van der Waals surface area contributed by atoms with E-state index in [0.29, 0.717) is 31.5 Å². The summed E-state index contributed by atoms with van der Waals surface area (Å²) in [7, 11) is 1.86. The molecule has 0 unspecified atom stereocenters. The fraction of sp³-hybridized carbons (Fsp3) is 0.250. The van der Waals surface area contributed by atoms with Gasteiger partial charge in [-0.05, 0) is 18.2 Å². The number of carbonyl (C=O) groups is 1. The van der Waals surface area contributed by atoms with E-state index in [2.05, 4.69) is 19.9 Å². The molecule has 1 aliphatic rings. The standard InChI is InChI=1S/C24H22N8O4S2/c1-31(23-25-10-13(11-26-23)22(33)30-35)12-14-9-17-19(37-14)21(32-5-7-36-8-6-32)29-20(27-17)15-3-2-4-16-18(15)38-24(34)28-16/h2-4,9-11,35H,5-8,12H2,1H3,(H,28,34)(H,30,33). The molecule has 14 heteroatoms. The molecule has 1 saturated heterocycles. The molecule has 5 aromatic rings. The van der Waals surface area contributed by atoms with Gasteiger partial charge in [0.05, 0.1) is 45.8 Å². The molecule has 0 spiro atoms. The first-order valence-corrected chi connectivity index (χ1v) is 13.4. The summed E-state index contributed by atoms with van der Waals surface area (Å²) in [6.45, 7) is 3.21. The molecule has 1 aliphatic heterocycles. The number of nitrogens with zero attached hydrogens (tertiary/aromatic N) is 6. The number of thiazole rings is 1. The third kappa shape index (κ3) is 4.58. The van der Waals surface area contributed by atoms with Crippen LogP contribution in [-0.2, 0) is 11.3 Å². The van der Waals surface area contributed by atoms with Crippen molar-refractivity contribution in [2.24, 2.45) is 0 Å². The van der Waals surface area contributed by atoms with Crippen molar-refractivity contribution in [3.8, 4) is 11.4 Å². The Bertz CT molecular complexity index is 1690. The van der Waals surface area contributed by atoms with Crippen molar-refractivity contribution in [2.75, 3.05) is 43.2 Å². The van der Waals surface area contributed by atoms with Crippen LogP contribution in [0.15, 0.2) is 41.5 Å². The fourth-order valence-corrected chi connectivity index (χ4v) is 6.32. The molecule has 1 amide bonds. The SMILES string of the molecule is CN(Cc1cc2nc(-c3cccc4[nH]c(=O)sc34)nc(N3CCOCC3)c2s1)c1ncc(C(=O)NO)cn1. The molecule has 0 bridgehead atoms. The van der Waals surface area contributed by atoms with Gasteiger partial charge in [-0.2, -0.15) is 0 Å². The molecule has 3 N–H and O–H groups in total. The number of anilines is 2. The molecule has 0 atom stereocenters. The summed E-state index contributed by atoms with van der Waals surface area (Å²) >= 11 is 2.76. The lowest BCUT2D eigenvalue weighted by Gasteiger charge is -2.28. The van der Waals surface area contributed by atoms with Gasteiger partial charge in [0.1, 0.15) is 0 Å². The molecule has 12 nitrogen and oxygen atoms in total. The second kappa shape index (κ2) is 10.1. The van der Waals surface area contributed by atoms with Gasteiger partial charge in [0.25, 0.3) is 5.91 Å². The maximum atomic E-state index is 12.0. The Hall–Kier alpha value is -3.98. The van der Waals surface area contributed by atoms with Gasteiger partial charge < -0.3 is 19.5 Å². The van der Waals surface area contributed by atoms with Gasteiger partial charge in [0.15, 0.2) is 11.6 Å². The zero-order chi connectivity index (χ0) is 26.2. The number of hydrogen-bond acceptors (Lipinski definition) is 12. The second-order valence-corrected chi connectivity index (χ2v) is 10.8. The van der Waals surface area contributed by atoms with Gasteiger partial charge in [0.2, 0.25) is 5.95 Å². The number of fused-ring (bicyclic) bond motifs is 2. The lowest BCUT2D eigenvalue weighted by molar-refractivity contribution is 0.0705. The van der Waals surface area contributed by atoms with Crippen LogP contribution in [0.4, 0.5) is 11.8 Å². The first-order chi connectivity index (χ1) is 18.5. The number of hydrogen-bond donors (Lipinski definition) is 3. The van der Waals surface area contributed by atoms with E-state index in [1.54, 1.807) is 16.8 Å². The Morgan fingerprint density at radius 3 is 2.74 bits per heavy atom. The van der Waals surface area contributed by atoms with E-state index < -0.39 is 5.91 Å². The van der Waals surface area contributed by atoms with Crippen molar-refractivity contribution in [1.82, 2.24) is 30.4 Å². The molecule has 6 rings (SSSR count). The number of benzene rings is 1. The third-order valence-electron chi connectivity index (χ3n) is 6.14. The number of carbonyl (C=O) groups excluding carboxylic acids is 1. The van der Waals surface area contributed by atoms with Crippen LogP contribution < -0.4 is 20.2 Å². The fourth-order valence-electron chi connectivity index (χ4n) is 4.31. The quantitative estimate of drug-likeness (QED) is 0.213. The lowest BCUT2D eigenvalue weighted by atomic mass is 10.2. The average Bonchev–Trinajstić information content (AvgIpc) is 3.54. The van der Waals surface area contributed by atoms with Crippen LogP contribution in [0.5, 0.6) is 0 Å². The zero-order valence-corrected chi connectivity index (χ0v) is 21.8. The molecule has 0 saturated carbocycles. The number of rotatable bonds is 6. The highest BCUT2D eigenvalue weighted by atomic mass is 32.1. The minimum absolute atomic E-state index is 0.116.